The molecule has 1 aromatic rings. The number of ether oxygens (including phenoxy) is 1. The van der Waals surface area contributed by atoms with Gasteiger partial charge in [0.2, 0.25) is 10.0 Å². The summed E-state index contributed by atoms with van der Waals surface area (Å²) in [7, 11) is -3.97. The highest BCUT2D eigenvalue weighted by atomic mass is 79.9. The maximum atomic E-state index is 12.1. The SMILES string of the molecule is O=C(O)c1cc(S(=O)(=O)NC2CCOC2=O)c(Br)s1. The minimum absolute atomic E-state index is 0.110. The first-order chi connectivity index (χ1) is 8.81. The Morgan fingerprint density at radius 3 is 2.74 bits per heavy atom. The molecule has 1 aliphatic rings. The van der Waals surface area contributed by atoms with Crippen molar-refractivity contribution < 1.29 is 27.9 Å². The zero-order valence-electron chi connectivity index (χ0n) is 9.25. The second-order valence-electron chi connectivity index (χ2n) is 3.68. The fraction of sp³-hybridized carbons (Fsp3) is 0.333. The van der Waals surface area contributed by atoms with Crippen molar-refractivity contribution in [3.63, 3.8) is 0 Å². The molecule has 0 aliphatic carbocycles. The second-order valence-corrected chi connectivity index (χ2v) is 7.74. The van der Waals surface area contributed by atoms with Crippen LogP contribution in [-0.2, 0) is 19.6 Å². The van der Waals surface area contributed by atoms with Gasteiger partial charge < -0.3 is 9.84 Å². The van der Waals surface area contributed by atoms with Crippen LogP contribution in [0.3, 0.4) is 0 Å². The number of carbonyl (C=O) groups excluding carboxylic acids is 1. The Kier molecular flexibility index (Phi) is 3.95. The van der Waals surface area contributed by atoms with E-state index in [1.165, 1.54) is 0 Å². The predicted octanol–water partition coefficient (Wildman–Crippen LogP) is 0.803. The first-order valence-electron chi connectivity index (χ1n) is 5.03. The van der Waals surface area contributed by atoms with Gasteiger partial charge in [0, 0.05) is 6.42 Å². The molecule has 10 heteroatoms. The Labute approximate surface area is 120 Å². The monoisotopic (exact) mass is 369 g/mol. The Morgan fingerprint density at radius 1 is 1.58 bits per heavy atom. The largest absolute Gasteiger partial charge is 0.477 e. The number of rotatable bonds is 4. The highest BCUT2D eigenvalue weighted by molar-refractivity contribution is 9.11. The number of halogens is 1. The normalized spacial score (nSPS) is 19.4. The molecule has 1 fully saturated rings. The van der Waals surface area contributed by atoms with E-state index in [-0.39, 0.29) is 26.6 Å². The van der Waals surface area contributed by atoms with Gasteiger partial charge in [0.05, 0.1) is 10.4 Å². The molecule has 1 aliphatic heterocycles. The minimum Gasteiger partial charge on any atom is -0.477 e. The van der Waals surface area contributed by atoms with Gasteiger partial charge in [-0.15, -0.1) is 11.3 Å². The quantitative estimate of drug-likeness (QED) is 0.759. The van der Waals surface area contributed by atoms with Crippen molar-refractivity contribution in [2.24, 2.45) is 0 Å². The average Bonchev–Trinajstić information content (AvgIpc) is 2.86. The third-order valence-electron chi connectivity index (χ3n) is 2.39. The van der Waals surface area contributed by atoms with E-state index in [1.807, 2.05) is 0 Å². The molecule has 19 heavy (non-hydrogen) atoms. The van der Waals surface area contributed by atoms with Gasteiger partial charge in [0.1, 0.15) is 15.8 Å². The molecule has 0 spiro atoms. The first-order valence-corrected chi connectivity index (χ1v) is 8.12. The van der Waals surface area contributed by atoms with Crippen LogP contribution in [0.25, 0.3) is 0 Å². The highest BCUT2D eigenvalue weighted by Crippen LogP contribution is 2.32. The predicted molar refractivity (Wildman–Crippen MR) is 68.7 cm³/mol. The van der Waals surface area contributed by atoms with Crippen LogP contribution in [0.1, 0.15) is 16.1 Å². The molecule has 2 N–H and O–H groups in total. The van der Waals surface area contributed by atoms with Crippen LogP contribution in [0.15, 0.2) is 14.7 Å². The molecule has 0 radical (unpaired) electrons. The zero-order chi connectivity index (χ0) is 14.2. The summed E-state index contributed by atoms with van der Waals surface area (Å²) >= 11 is 3.80. The summed E-state index contributed by atoms with van der Waals surface area (Å²) < 4.78 is 31.1. The minimum atomic E-state index is -3.97. The summed E-state index contributed by atoms with van der Waals surface area (Å²) in [6.45, 7) is 0.164. The number of nitrogens with one attached hydrogen (secondary N) is 1. The van der Waals surface area contributed by atoms with Crippen LogP contribution in [0.4, 0.5) is 0 Å². The van der Waals surface area contributed by atoms with E-state index >= 15 is 0 Å². The Hall–Kier alpha value is -0.970. The smallest absolute Gasteiger partial charge is 0.345 e. The third-order valence-corrected chi connectivity index (χ3v) is 6.10. The average molecular weight is 370 g/mol. The van der Waals surface area contributed by atoms with Gasteiger partial charge in [-0.1, -0.05) is 0 Å². The third kappa shape index (κ3) is 2.96. The summed E-state index contributed by atoms with van der Waals surface area (Å²) in [5.41, 5.74) is 0. The van der Waals surface area contributed by atoms with Crippen LogP contribution in [0.5, 0.6) is 0 Å². The number of hydrogen-bond acceptors (Lipinski definition) is 6. The van der Waals surface area contributed by atoms with E-state index in [2.05, 4.69) is 25.4 Å². The van der Waals surface area contributed by atoms with Crippen LogP contribution in [0, 0.1) is 0 Å². The number of thiophene rings is 1. The molecular formula is C9H8BrNO6S2. The standard InChI is InChI=1S/C9H8BrNO6S2/c10-7-6(3-5(18-7)8(12)13)19(15,16)11-4-1-2-17-9(4)14/h3-4,11H,1-2H2,(H,12,13). The van der Waals surface area contributed by atoms with Crippen molar-refractivity contribution in [1.82, 2.24) is 4.72 Å². The Morgan fingerprint density at radius 2 is 2.26 bits per heavy atom. The molecule has 2 heterocycles. The first kappa shape index (κ1) is 14.4. The van der Waals surface area contributed by atoms with E-state index < -0.39 is 28.0 Å². The van der Waals surface area contributed by atoms with Gasteiger partial charge >= 0.3 is 11.9 Å². The van der Waals surface area contributed by atoms with Gasteiger partial charge in [-0.3, -0.25) is 4.79 Å². The Balaban J connectivity index is 2.29. The number of sulfonamides is 1. The van der Waals surface area contributed by atoms with Crippen LogP contribution < -0.4 is 4.72 Å². The number of cyclic esters (lactones) is 1. The number of carboxylic acids is 1. The van der Waals surface area contributed by atoms with Crippen molar-refractivity contribution in [3.8, 4) is 0 Å². The lowest BCUT2D eigenvalue weighted by Gasteiger charge is -2.08. The van der Waals surface area contributed by atoms with Gasteiger partial charge in [-0.25, -0.2) is 13.2 Å². The lowest BCUT2D eigenvalue weighted by atomic mass is 10.3. The molecule has 0 amide bonds. The maximum absolute atomic E-state index is 12.1. The number of carbonyl (C=O) groups is 2. The highest BCUT2D eigenvalue weighted by Gasteiger charge is 2.33. The van der Waals surface area contributed by atoms with Crippen LogP contribution >= 0.6 is 27.3 Å². The molecule has 1 aromatic heterocycles. The molecular weight excluding hydrogens is 362 g/mol. The van der Waals surface area contributed by atoms with Gasteiger partial charge in [-0.2, -0.15) is 4.72 Å². The number of aromatic carboxylic acids is 1. The fourth-order valence-electron chi connectivity index (χ4n) is 1.49. The van der Waals surface area contributed by atoms with Crippen molar-refractivity contribution in [2.45, 2.75) is 17.4 Å². The number of carboxylic acid groups (broad SMARTS) is 1. The van der Waals surface area contributed by atoms with E-state index in [1.54, 1.807) is 0 Å². The van der Waals surface area contributed by atoms with E-state index in [4.69, 9.17) is 5.11 Å². The summed E-state index contributed by atoms with van der Waals surface area (Å²) in [5, 5.41) is 8.81. The summed E-state index contributed by atoms with van der Waals surface area (Å²) in [6.07, 6.45) is 0.256. The van der Waals surface area contributed by atoms with Crippen molar-refractivity contribution in [1.29, 1.82) is 0 Å². The zero-order valence-corrected chi connectivity index (χ0v) is 12.5. The summed E-state index contributed by atoms with van der Waals surface area (Å²) in [6, 6.07) is 0.116. The molecule has 1 saturated heterocycles. The van der Waals surface area contributed by atoms with Crippen molar-refractivity contribution in [3.05, 3.63) is 14.7 Å². The summed E-state index contributed by atoms with van der Waals surface area (Å²) in [5.74, 6) is -1.85. The number of esters is 1. The molecule has 1 atom stereocenters. The van der Waals surface area contributed by atoms with E-state index in [0.29, 0.717) is 0 Å². The van der Waals surface area contributed by atoms with Gasteiger partial charge in [-0.05, 0) is 22.0 Å². The molecule has 0 saturated carbocycles. The van der Waals surface area contributed by atoms with Crippen molar-refractivity contribution >= 4 is 49.2 Å². The molecule has 0 aromatic carbocycles. The molecule has 104 valence electrons. The molecule has 0 bridgehead atoms. The number of hydrogen-bond donors (Lipinski definition) is 2. The van der Waals surface area contributed by atoms with Gasteiger partial charge in [0.15, 0.2) is 0 Å². The molecule has 1 unspecified atom stereocenters. The van der Waals surface area contributed by atoms with E-state index in [9.17, 15) is 18.0 Å². The van der Waals surface area contributed by atoms with Crippen molar-refractivity contribution in [2.75, 3.05) is 6.61 Å². The second kappa shape index (κ2) is 5.19. The summed E-state index contributed by atoms with van der Waals surface area (Å²) in [4.78, 5) is 21.7. The fourth-order valence-corrected chi connectivity index (χ4v) is 5.12. The van der Waals surface area contributed by atoms with E-state index in [0.717, 1.165) is 17.4 Å². The lowest BCUT2D eigenvalue weighted by molar-refractivity contribution is -0.139. The van der Waals surface area contributed by atoms with Crippen LogP contribution in [-0.4, -0.2) is 38.1 Å². The molecule has 2 rings (SSSR count). The maximum Gasteiger partial charge on any atom is 0.345 e. The van der Waals surface area contributed by atoms with Gasteiger partial charge in [0.25, 0.3) is 0 Å². The lowest BCUT2D eigenvalue weighted by Crippen LogP contribution is -2.37. The van der Waals surface area contributed by atoms with Crippen LogP contribution in [0.2, 0.25) is 0 Å². The topological polar surface area (TPSA) is 110 Å². The molecule has 7 nitrogen and oxygen atoms in total. The Bertz CT molecular complexity index is 637.